The summed E-state index contributed by atoms with van der Waals surface area (Å²) in [4.78, 5) is 16.0. The Hall–Kier alpha value is -2.29. The molecule has 4 N–H and O–H groups in total. The summed E-state index contributed by atoms with van der Waals surface area (Å²) in [5, 5.41) is 11.1. The van der Waals surface area contributed by atoms with Gasteiger partial charge in [0.2, 0.25) is 15.9 Å². The number of aromatic nitrogens is 1. The molecule has 2 rings (SSSR count). The third kappa shape index (κ3) is 7.00. The van der Waals surface area contributed by atoms with Crippen molar-refractivity contribution in [3.8, 4) is 0 Å². The number of hydrogen-bond donors (Lipinski definition) is 3. The molecular weight excluding hydrogens is 340 g/mol. The topological polar surface area (TPSA) is 114 Å². The number of nitrogens with zero attached hydrogens (tertiary/aromatic N) is 1. The Labute approximate surface area is 147 Å². The van der Waals surface area contributed by atoms with Crippen molar-refractivity contribution in [1.29, 1.82) is 0 Å². The van der Waals surface area contributed by atoms with E-state index in [0.29, 0.717) is 26.1 Å². The van der Waals surface area contributed by atoms with E-state index >= 15 is 0 Å². The maximum Gasteiger partial charge on any atom is 0.238 e. The van der Waals surface area contributed by atoms with Crippen LogP contribution < -0.4 is 15.8 Å². The van der Waals surface area contributed by atoms with Crippen molar-refractivity contribution in [2.45, 2.75) is 24.3 Å². The number of nitrogens with one attached hydrogen (secondary N) is 2. The van der Waals surface area contributed by atoms with E-state index in [-0.39, 0.29) is 10.8 Å². The third-order valence-corrected chi connectivity index (χ3v) is 4.49. The van der Waals surface area contributed by atoms with E-state index in [1.54, 1.807) is 18.3 Å². The van der Waals surface area contributed by atoms with E-state index in [0.717, 1.165) is 17.7 Å². The number of hydrogen-bond acceptors (Lipinski definition) is 5. The molecule has 8 heteroatoms. The van der Waals surface area contributed by atoms with Crippen LogP contribution in [-0.4, -0.2) is 32.4 Å². The van der Waals surface area contributed by atoms with Crippen molar-refractivity contribution in [2.75, 3.05) is 13.1 Å². The molecule has 1 aromatic carbocycles. The molecule has 0 saturated heterocycles. The van der Waals surface area contributed by atoms with E-state index in [1.807, 2.05) is 18.2 Å². The molecule has 0 fully saturated rings. The fraction of sp³-hybridized carbons (Fsp3) is 0.294. The number of pyridine rings is 1. The quantitative estimate of drug-likeness (QED) is 0.564. The van der Waals surface area contributed by atoms with Gasteiger partial charge in [-0.3, -0.25) is 9.78 Å². The molecule has 0 atom stereocenters. The van der Waals surface area contributed by atoms with Crippen LogP contribution in [-0.2, 0) is 27.8 Å². The predicted molar refractivity (Wildman–Crippen MR) is 95.1 cm³/mol. The van der Waals surface area contributed by atoms with Crippen LogP contribution in [0.3, 0.4) is 0 Å². The van der Waals surface area contributed by atoms with E-state index in [2.05, 4.69) is 15.6 Å². The van der Waals surface area contributed by atoms with E-state index in [4.69, 9.17) is 5.14 Å². The number of carbonyl (C=O) groups is 1. The Morgan fingerprint density at radius 3 is 2.48 bits per heavy atom. The van der Waals surface area contributed by atoms with E-state index in [9.17, 15) is 13.2 Å². The van der Waals surface area contributed by atoms with Crippen molar-refractivity contribution in [2.24, 2.45) is 5.14 Å². The van der Waals surface area contributed by atoms with Gasteiger partial charge in [-0.05, 0) is 42.8 Å². The van der Waals surface area contributed by atoms with Gasteiger partial charge < -0.3 is 10.6 Å². The molecule has 1 aromatic heterocycles. The summed E-state index contributed by atoms with van der Waals surface area (Å²) in [7, 11) is -3.65. The summed E-state index contributed by atoms with van der Waals surface area (Å²) in [5.41, 5.74) is 1.83. The van der Waals surface area contributed by atoms with Crippen molar-refractivity contribution in [3.63, 3.8) is 0 Å². The SMILES string of the molecule is NS(=O)(=O)c1ccc(CCNCCC(=O)NCc2ccccn2)cc1. The molecule has 7 nitrogen and oxygen atoms in total. The Kier molecular flexibility index (Phi) is 7.05. The molecule has 0 spiro atoms. The highest BCUT2D eigenvalue weighted by molar-refractivity contribution is 7.89. The molecular formula is C17H22N4O3S. The fourth-order valence-electron chi connectivity index (χ4n) is 2.19. The van der Waals surface area contributed by atoms with Gasteiger partial charge in [0.15, 0.2) is 0 Å². The van der Waals surface area contributed by atoms with Gasteiger partial charge in [-0.1, -0.05) is 18.2 Å². The molecule has 0 aliphatic rings. The average Bonchev–Trinajstić information content (AvgIpc) is 2.60. The zero-order valence-electron chi connectivity index (χ0n) is 13.8. The lowest BCUT2D eigenvalue weighted by atomic mass is 10.1. The maximum atomic E-state index is 11.7. The first-order chi connectivity index (χ1) is 11.9. The highest BCUT2D eigenvalue weighted by Gasteiger charge is 2.06. The number of carbonyl (C=O) groups excluding carboxylic acids is 1. The van der Waals surface area contributed by atoms with Crippen LogP contribution in [0.25, 0.3) is 0 Å². The lowest BCUT2D eigenvalue weighted by Crippen LogP contribution is -2.28. The van der Waals surface area contributed by atoms with Crippen molar-refractivity contribution in [3.05, 3.63) is 59.9 Å². The molecule has 1 heterocycles. The molecule has 0 aliphatic heterocycles. The van der Waals surface area contributed by atoms with Gasteiger partial charge in [-0.25, -0.2) is 13.6 Å². The van der Waals surface area contributed by atoms with Gasteiger partial charge >= 0.3 is 0 Å². The summed E-state index contributed by atoms with van der Waals surface area (Å²) in [6, 6.07) is 12.0. The third-order valence-electron chi connectivity index (χ3n) is 3.56. The fourth-order valence-corrected chi connectivity index (χ4v) is 2.70. The summed E-state index contributed by atoms with van der Waals surface area (Å²) < 4.78 is 22.3. The number of nitrogens with two attached hydrogens (primary N) is 1. The first-order valence-electron chi connectivity index (χ1n) is 7.94. The van der Waals surface area contributed by atoms with Gasteiger partial charge in [0.05, 0.1) is 17.1 Å². The van der Waals surface area contributed by atoms with Gasteiger partial charge in [0.1, 0.15) is 0 Å². The molecule has 1 amide bonds. The number of sulfonamides is 1. The Bertz CT molecular complexity index is 777. The number of benzene rings is 1. The summed E-state index contributed by atoms with van der Waals surface area (Å²) in [6.45, 7) is 1.70. The minimum Gasteiger partial charge on any atom is -0.350 e. The Balaban J connectivity index is 1.60. The monoisotopic (exact) mass is 362 g/mol. The minimum absolute atomic E-state index is 0.0318. The lowest BCUT2D eigenvalue weighted by Gasteiger charge is -2.07. The minimum atomic E-state index is -3.65. The Morgan fingerprint density at radius 2 is 1.84 bits per heavy atom. The van der Waals surface area contributed by atoms with Gasteiger partial charge in [-0.2, -0.15) is 0 Å². The normalized spacial score (nSPS) is 11.2. The molecule has 0 unspecified atom stereocenters. The zero-order chi connectivity index (χ0) is 18.1. The Morgan fingerprint density at radius 1 is 1.08 bits per heavy atom. The molecule has 0 saturated carbocycles. The van der Waals surface area contributed by atoms with Crippen molar-refractivity contribution >= 4 is 15.9 Å². The highest BCUT2D eigenvalue weighted by atomic mass is 32.2. The largest absolute Gasteiger partial charge is 0.350 e. The van der Waals surface area contributed by atoms with Crippen LogP contribution in [0, 0.1) is 0 Å². The second-order valence-electron chi connectivity index (χ2n) is 5.54. The first-order valence-corrected chi connectivity index (χ1v) is 9.49. The van der Waals surface area contributed by atoms with Crippen molar-refractivity contribution < 1.29 is 13.2 Å². The van der Waals surface area contributed by atoms with Gasteiger partial charge in [-0.15, -0.1) is 0 Å². The maximum absolute atomic E-state index is 11.7. The van der Waals surface area contributed by atoms with Crippen LogP contribution in [0.2, 0.25) is 0 Å². The van der Waals surface area contributed by atoms with Crippen LogP contribution in [0.5, 0.6) is 0 Å². The van der Waals surface area contributed by atoms with Gasteiger partial charge in [0.25, 0.3) is 0 Å². The standard InChI is InChI=1S/C17H22N4O3S/c18-25(23,24)16-6-4-14(5-7-16)8-11-19-12-9-17(22)21-13-15-3-1-2-10-20-15/h1-7,10,19H,8-9,11-13H2,(H,21,22)(H2,18,23,24). The van der Waals surface area contributed by atoms with Crippen LogP contribution in [0.15, 0.2) is 53.6 Å². The molecule has 0 bridgehead atoms. The molecule has 25 heavy (non-hydrogen) atoms. The van der Waals surface area contributed by atoms with Crippen LogP contribution >= 0.6 is 0 Å². The van der Waals surface area contributed by atoms with Crippen LogP contribution in [0.4, 0.5) is 0 Å². The average molecular weight is 362 g/mol. The molecule has 2 aromatic rings. The predicted octanol–water partition coefficient (Wildman–Crippen LogP) is 0.568. The second-order valence-corrected chi connectivity index (χ2v) is 7.10. The van der Waals surface area contributed by atoms with Crippen LogP contribution in [0.1, 0.15) is 17.7 Å². The molecule has 0 radical (unpaired) electrons. The van der Waals surface area contributed by atoms with E-state index < -0.39 is 10.0 Å². The molecule has 134 valence electrons. The van der Waals surface area contributed by atoms with Crippen molar-refractivity contribution in [1.82, 2.24) is 15.6 Å². The second kappa shape index (κ2) is 9.26. The number of rotatable bonds is 9. The lowest BCUT2D eigenvalue weighted by molar-refractivity contribution is -0.121. The number of primary sulfonamides is 1. The highest BCUT2D eigenvalue weighted by Crippen LogP contribution is 2.08. The smallest absolute Gasteiger partial charge is 0.238 e. The first kappa shape index (κ1) is 19.0. The molecule has 0 aliphatic carbocycles. The number of amides is 1. The summed E-state index contributed by atoms with van der Waals surface area (Å²) in [6.07, 6.45) is 2.82. The summed E-state index contributed by atoms with van der Waals surface area (Å²) in [5.74, 6) is -0.0318. The van der Waals surface area contributed by atoms with E-state index in [1.165, 1.54) is 12.1 Å². The van der Waals surface area contributed by atoms with Gasteiger partial charge in [0, 0.05) is 19.2 Å². The summed E-state index contributed by atoms with van der Waals surface area (Å²) >= 11 is 0. The zero-order valence-corrected chi connectivity index (χ0v) is 14.6.